The highest BCUT2D eigenvalue weighted by Gasteiger charge is 2.34. The quantitative estimate of drug-likeness (QED) is 0.637. The SMILES string of the molecule is COC(=O)C(Sc1nnc(-c2cccnc2)n1C)C(C)(C)C. The molecule has 7 heteroatoms. The number of pyridine rings is 1. The molecule has 22 heavy (non-hydrogen) atoms. The summed E-state index contributed by atoms with van der Waals surface area (Å²) in [6, 6.07) is 3.77. The second-order valence-corrected chi connectivity index (χ2v) is 7.07. The van der Waals surface area contributed by atoms with Gasteiger partial charge in [0.1, 0.15) is 5.25 Å². The van der Waals surface area contributed by atoms with Crippen LogP contribution in [0.4, 0.5) is 0 Å². The molecule has 118 valence electrons. The molecule has 0 aliphatic carbocycles. The molecule has 0 amide bonds. The number of methoxy groups -OCH3 is 1. The number of carbonyl (C=O) groups is 1. The van der Waals surface area contributed by atoms with Crippen LogP contribution in [0.25, 0.3) is 11.4 Å². The zero-order valence-corrected chi connectivity index (χ0v) is 14.2. The number of aromatic nitrogens is 4. The summed E-state index contributed by atoms with van der Waals surface area (Å²) in [5, 5.41) is 8.72. The largest absolute Gasteiger partial charge is 0.468 e. The number of esters is 1. The maximum atomic E-state index is 12.0. The van der Waals surface area contributed by atoms with Crippen molar-refractivity contribution >= 4 is 17.7 Å². The molecule has 2 rings (SSSR count). The molecule has 0 spiro atoms. The van der Waals surface area contributed by atoms with Crippen molar-refractivity contribution in [2.75, 3.05) is 7.11 Å². The van der Waals surface area contributed by atoms with Gasteiger partial charge < -0.3 is 9.30 Å². The lowest BCUT2D eigenvalue weighted by Crippen LogP contribution is -2.32. The third-order valence-electron chi connectivity index (χ3n) is 3.18. The number of rotatable bonds is 4. The van der Waals surface area contributed by atoms with Crippen LogP contribution in [-0.2, 0) is 16.6 Å². The Morgan fingerprint density at radius 3 is 2.64 bits per heavy atom. The van der Waals surface area contributed by atoms with Crippen LogP contribution in [-0.4, -0.2) is 38.1 Å². The van der Waals surface area contributed by atoms with E-state index in [9.17, 15) is 4.79 Å². The van der Waals surface area contributed by atoms with Crippen LogP contribution in [0.5, 0.6) is 0 Å². The van der Waals surface area contributed by atoms with Gasteiger partial charge in [0.2, 0.25) is 0 Å². The Bertz CT molecular complexity index is 649. The van der Waals surface area contributed by atoms with Crippen LogP contribution in [0.3, 0.4) is 0 Å². The van der Waals surface area contributed by atoms with Crippen molar-refractivity contribution < 1.29 is 9.53 Å². The van der Waals surface area contributed by atoms with E-state index in [1.54, 1.807) is 12.4 Å². The second-order valence-electron chi connectivity index (χ2n) is 5.99. The monoisotopic (exact) mass is 320 g/mol. The van der Waals surface area contributed by atoms with Gasteiger partial charge >= 0.3 is 5.97 Å². The molecule has 0 bridgehead atoms. The van der Waals surface area contributed by atoms with Crippen LogP contribution in [0.2, 0.25) is 0 Å². The number of hydrogen-bond donors (Lipinski definition) is 0. The Balaban J connectivity index is 2.31. The zero-order chi connectivity index (χ0) is 16.3. The lowest BCUT2D eigenvalue weighted by molar-refractivity contribution is -0.141. The molecule has 6 nitrogen and oxygen atoms in total. The van der Waals surface area contributed by atoms with Gasteiger partial charge in [0.15, 0.2) is 11.0 Å². The molecule has 0 saturated carbocycles. The molecule has 1 atom stereocenters. The molecule has 0 aromatic carbocycles. The first-order valence-electron chi connectivity index (χ1n) is 6.89. The van der Waals surface area contributed by atoms with E-state index >= 15 is 0 Å². The Hall–Kier alpha value is -1.89. The molecule has 2 aromatic rings. The van der Waals surface area contributed by atoms with Gasteiger partial charge in [-0.05, 0) is 17.5 Å². The smallest absolute Gasteiger partial charge is 0.319 e. The Labute approximate surface area is 134 Å². The molecule has 0 radical (unpaired) electrons. The lowest BCUT2D eigenvalue weighted by atomic mass is 9.92. The summed E-state index contributed by atoms with van der Waals surface area (Å²) in [5.74, 6) is 0.455. The summed E-state index contributed by atoms with van der Waals surface area (Å²) in [6.07, 6.45) is 3.45. The number of ether oxygens (including phenoxy) is 1. The van der Waals surface area contributed by atoms with Gasteiger partial charge in [0.05, 0.1) is 7.11 Å². The number of thioether (sulfide) groups is 1. The molecule has 0 aliphatic rings. The molecule has 2 heterocycles. The third kappa shape index (κ3) is 3.47. The van der Waals surface area contributed by atoms with Gasteiger partial charge in [0.25, 0.3) is 0 Å². The minimum absolute atomic E-state index is 0.252. The Morgan fingerprint density at radius 1 is 1.36 bits per heavy atom. The molecule has 0 saturated heterocycles. The fraction of sp³-hybridized carbons (Fsp3) is 0.467. The van der Waals surface area contributed by atoms with Gasteiger partial charge in [-0.3, -0.25) is 9.78 Å². The second kappa shape index (κ2) is 6.48. The van der Waals surface area contributed by atoms with Crippen molar-refractivity contribution in [2.45, 2.75) is 31.2 Å². The van der Waals surface area contributed by atoms with E-state index < -0.39 is 0 Å². The van der Waals surface area contributed by atoms with Crippen LogP contribution in [0, 0.1) is 5.41 Å². The fourth-order valence-corrected chi connectivity index (χ4v) is 3.04. The van der Waals surface area contributed by atoms with E-state index in [0.29, 0.717) is 11.0 Å². The predicted molar refractivity (Wildman–Crippen MR) is 85.4 cm³/mol. The van der Waals surface area contributed by atoms with Crippen molar-refractivity contribution in [1.29, 1.82) is 0 Å². The van der Waals surface area contributed by atoms with Crippen molar-refractivity contribution in [2.24, 2.45) is 12.5 Å². The maximum Gasteiger partial charge on any atom is 0.319 e. The summed E-state index contributed by atoms with van der Waals surface area (Å²) in [4.78, 5) is 16.1. The van der Waals surface area contributed by atoms with E-state index in [0.717, 1.165) is 5.56 Å². The molecule has 2 aromatic heterocycles. The van der Waals surface area contributed by atoms with Crippen LogP contribution in [0.15, 0.2) is 29.7 Å². The van der Waals surface area contributed by atoms with Gasteiger partial charge in [-0.2, -0.15) is 0 Å². The van der Waals surface area contributed by atoms with E-state index in [4.69, 9.17) is 4.74 Å². The maximum absolute atomic E-state index is 12.0. The van der Waals surface area contributed by atoms with Gasteiger partial charge in [-0.1, -0.05) is 32.5 Å². The van der Waals surface area contributed by atoms with Crippen molar-refractivity contribution in [3.05, 3.63) is 24.5 Å². The van der Waals surface area contributed by atoms with E-state index in [1.165, 1.54) is 18.9 Å². The average Bonchev–Trinajstić information content (AvgIpc) is 2.84. The number of nitrogens with zero attached hydrogens (tertiary/aromatic N) is 4. The summed E-state index contributed by atoms with van der Waals surface area (Å²) in [7, 11) is 3.28. The summed E-state index contributed by atoms with van der Waals surface area (Å²) < 4.78 is 6.78. The first kappa shape index (κ1) is 16.5. The Morgan fingerprint density at radius 2 is 2.09 bits per heavy atom. The highest BCUT2D eigenvalue weighted by molar-refractivity contribution is 8.00. The highest BCUT2D eigenvalue weighted by atomic mass is 32.2. The molecule has 1 unspecified atom stereocenters. The van der Waals surface area contributed by atoms with Crippen LogP contribution < -0.4 is 0 Å². The minimum Gasteiger partial charge on any atom is -0.468 e. The first-order valence-corrected chi connectivity index (χ1v) is 7.77. The summed E-state index contributed by atoms with van der Waals surface area (Å²) >= 11 is 1.36. The van der Waals surface area contributed by atoms with E-state index in [2.05, 4.69) is 15.2 Å². The molecular formula is C15H20N4O2S. The molecule has 0 fully saturated rings. The van der Waals surface area contributed by atoms with Crippen LogP contribution >= 0.6 is 11.8 Å². The van der Waals surface area contributed by atoms with Gasteiger partial charge in [-0.25, -0.2) is 0 Å². The van der Waals surface area contributed by atoms with Crippen molar-refractivity contribution in [3.63, 3.8) is 0 Å². The first-order chi connectivity index (χ1) is 10.3. The van der Waals surface area contributed by atoms with E-state index in [1.807, 2.05) is 44.5 Å². The fourth-order valence-electron chi connectivity index (χ4n) is 1.95. The highest BCUT2D eigenvalue weighted by Crippen LogP contribution is 2.36. The lowest BCUT2D eigenvalue weighted by Gasteiger charge is -2.27. The molecule has 0 aliphatic heterocycles. The predicted octanol–water partition coefficient (Wildman–Crippen LogP) is 2.56. The Kier molecular flexibility index (Phi) is 4.85. The van der Waals surface area contributed by atoms with Crippen molar-refractivity contribution in [1.82, 2.24) is 19.7 Å². The van der Waals surface area contributed by atoms with Crippen molar-refractivity contribution in [3.8, 4) is 11.4 Å². The average molecular weight is 320 g/mol. The van der Waals surface area contributed by atoms with Gasteiger partial charge in [-0.15, -0.1) is 10.2 Å². The van der Waals surface area contributed by atoms with E-state index in [-0.39, 0.29) is 16.6 Å². The topological polar surface area (TPSA) is 69.9 Å². The summed E-state index contributed by atoms with van der Waals surface area (Å²) in [6.45, 7) is 6.00. The molecule has 0 N–H and O–H groups in total. The molecular weight excluding hydrogens is 300 g/mol. The van der Waals surface area contributed by atoms with Gasteiger partial charge in [0, 0.05) is 25.0 Å². The van der Waals surface area contributed by atoms with Crippen LogP contribution in [0.1, 0.15) is 20.8 Å². The number of carbonyl (C=O) groups excluding carboxylic acids is 1. The zero-order valence-electron chi connectivity index (χ0n) is 13.4. The minimum atomic E-state index is -0.359. The normalized spacial score (nSPS) is 13.0. The summed E-state index contributed by atoms with van der Waals surface area (Å²) in [5.41, 5.74) is 0.632. The third-order valence-corrected chi connectivity index (χ3v) is 4.88. The number of hydrogen-bond acceptors (Lipinski definition) is 6. The standard InChI is InChI=1S/C15H20N4O2S/c1-15(2,3)11(13(20)21-5)22-14-18-17-12(19(14)4)10-7-6-8-16-9-10/h6-9,11H,1-5H3.